The molecule has 0 aromatic heterocycles. The van der Waals surface area contributed by atoms with Crippen molar-refractivity contribution in [2.75, 3.05) is 7.11 Å². The van der Waals surface area contributed by atoms with Gasteiger partial charge in [-0.2, -0.15) is 0 Å². The number of nitrogens with one attached hydrogen (secondary N) is 1. The number of carbonyl (C=O) groups excluding carboxylic acids is 2. The minimum Gasteiger partial charge on any atom is -0.486 e. The first kappa shape index (κ1) is 24.1. The molecule has 3 aromatic rings. The summed E-state index contributed by atoms with van der Waals surface area (Å²) in [5, 5.41) is 3.66. The van der Waals surface area contributed by atoms with Gasteiger partial charge in [-0.1, -0.05) is 59.6 Å². The molecule has 1 aliphatic carbocycles. The van der Waals surface area contributed by atoms with E-state index < -0.39 is 11.9 Å². The fourth-order valence-electron chi connectivity index (χ4n) is 4.66. The van der Waals surface area contributed by atoms with E-state index in [1.54, 1.807) is 43.3 Å². The SMILES string of the molecule is COC(=O)C1=C(C)NC2=C(C(=O)c3ccccc32)C1c1cc(Cl)c(OCc2ccc(F)cc2)c(Cl)c1. The number of fused-ring (bicyclic) bond motifs is 2. The number of hydrogen-bond donors (Lipinski definition) is 1. The lowest BCUT2D eigenvalue weighted by Crippen LogP contribution is -2.29. The van der Waals surface area contributed by atoms with E-state index in [4.69, 9.17) is 32.7 Å². The lowest BCUT2D eigenvalue weighted by atomic mass is 9.80. The number of halogens is 3. The van der Waals surface area contributed by atoms with Gasteiger partial charge in [0.05, 0.1) is 28.4 Å². The second kappa shape index (κ2) is 9.45. The van der Waals surface area contributed by atoms with Crippen LogP contribution in [0, 0.1) is 5.82 Å². The van der Waals surface area contributed by atoms with Crippen molar-refractivity contribution in [2.45, 2.75) is 19.4 Å². The van der Waals surface area contributed by atoms with Gasteiger partial charge in [0.2, 0.25) is 0 Å². The lowest BCUT2D eigenvalue weighted by molar-refractivity contribution is -0.136. The molecule has 1 heterocycles. The largest absolute Gasteiger partial charge is 0.486 e. The summed E-state index contributed by atoms with van der Waals surface area (Å²) in [4.78, 5) is 26.4. The molecule has 2 aliphatic rings. The Morgan fingerprint density at radius 3 is 2.31 bits per heavy atom. The van der Waals surface area contributed by atoms with Crippen LogP contribution in [0.2, 0.25) is 10.0 Å². The molecule has 1 N–H and O–H groups in total. The Morgan fingerprint density at radius 1 is 1.03 bits per heavy atom. The van der Waals surface area contributed by atoms with Crippen molar-refractivity contribution in [3.63, 3.8) is 0 Å². The van der Waals surface area contributed by atoms with E-state index in [1.165, 1.54) is 19.2 Å². The van der Waals surface area contributed by atoms with E-state index in [0.717, 1.165) is 11.1 Å². The first-order valence-electron chi connectivity index (χ1n) is 11.1. The Hall–Kier alpha value is -3.61. The number of carbonyl (C=O) groups is 2. The zero-order chi connectivity index (χ0) is 25.6. The van der Waals surface area contributed by atoms with Crippen LogP contribution in [0.3, 0.4) is 0 Å². The van der Waals surface area contributed by atoms with Gasteiger partial charge >= 0.3 is 5.97 Å². The Bertz CT molecular complexity index is 1450. The number of benzene rings is 3. The van der Waals surface area contributed by atoms with Crippen molar-refractivity contribution in [1.82, 2.24) is 5.32 Å². The number of dihydropyridines is 1. The monoisotopic (exact) mass is 523 g/mol. The molecular formula is C28H20Cl2FNO4. The van der Waals surface area contributed by atoms with E-state index in [-0.39, 0.29) is 34.0 Å². The van der Waals surface area contributed by atoms with Crippen LogP contribution in [0.25, 0.3) is 5.70 Å². The molecule has 0 saturated heterocycles. The predicted molar refractivity (Wildman–Crippen MR) is 135 cm³/mol. The summed E-state index contributed by atoms with van der Waals surface area (Å²) in [6.07, 6.45) is 0. The van der Waals surface area contributed by atoms with Crippen LogP contribution in [0.1, 0.15) is 39.9 Å². The molecule has 3 aromatic carbocycles. The van der Waals surface area contributed by atoms with Crippen molar-refractivity contribution < 1.29 is 23.5 Å². The first-order valence-corrected chi connectivity index (χ1v) is 11.9. The third-order valence-corrected chi connectivity index (χ3v) is 6.87. The van der Waals surface area contributed by atoms with Gasteiger partial charge in [-0.3, -0.25) is 4.79 Å². The normalized spacial score (nSPS) is 16.5. The van der Waals surface area contributed by atoms with Crippen molar-refractivity contribution in [1.29, 1.82) is 0 Å². The quantitative estimate of drug-likeness (QED) is 0.389. The molecule has 0 spiro atoms. The second-order valence-electron chi connectivity index (χ2n) is 8.48. The average Bonchev–Trinajstić information content (AvgIpc) is 3.14. The number of methoxy groups -OCH3 is 1. The fourth-order valence-corrected chi connectivity index (χ4v) is 5.28. The molecule has 0 saturated carbocycles. The standard InChI is InChI=1S/C28H20Cl2FNO4/c1-14-22(28(34)35-2)23(24-25(32-14)18-5-3-4-6-19(18)26(24)33)16-11-20(29)27(21(30)12-16)36-13-15-7-9-17(31)10-8-15/h3-12,23,32H,13H2,1-2H3. The Morgan fingerprint density at radius 2 is 1.67 bits per heavy atom. The molecule has 0 radical (unpaired) electrons. The highest BCUT2D eigenvalue weighted by molar-refractivity contribution is 6.37. The van der Waals surface area contributed by atoms with Crippen molar-refractivity contribution >= 4 is 40.7 Å². The van der Waals surface area contributed by atoms with Crippen LogP contribution in [-0.2, 0) is 16.1 Å². The Kier molecular flexibility index (Phi) is 6.33. The van der Waals surface area contributed by atoms with Crippen LogP contribution in [0.5, 0.6) is 5.75 Å². The summed E-state index contributed by atoms with van der Waals surface area (Å²) in [5.41, 5.74) is 4.54. The van der Waals surface area contributed by atoms with Gasteiger partial charge in [0.25, 0.3) is 0 Å². The van der Waals surface area contributed by atoms with E-state index in [2.05, 4.69) is 5.32 Å². The van der Waals surface area contributed by atoms with Gasteiger partial charge in [-0.15, -0.1) is 0 Å². The molecule has 0 fully saturated rings. The number of allylic oxidation sites excluding steroid dienone is 2. The van der Waals surface area contributed by atoms with E-state index in [1.807, 2.05) is 12.1 Å². The summed E-state index contributed by atoms with van der Waals surface area (Å²) in [5.74, 6) is -1.60. The molecule has 1 unspecified atom stereocenters. The first-order chi connectivity index (χ1) is 17.3. The molecule has 5 rings (SSSR count). The molecule has 0 bridgehead atoms. The summed E-state index contributed by atoms with van der Waals surface area (Å²) in [6, 6.07) is 16.4. The van der Waals surface area contributed by atoms with Crippen molar-refractivity contribution in [3.05, 3.63) is 116 Å². The van der Waals surface area contributed by atoms with E-state index in [9.17, 15) is 14.0 Å². The molecule has 0 amide bonds. The number of Topliss-reactive ketones (excluding diaryl/α,β-unsaturated/α-hetero) is 1. The maximum atomic E-state index is 13.5. The summed E-state index contributed by atoms with van der Waals surface area (Å²) in [6.45, 7) is 1.89. The van der Waals surface area contributed by atoms with Crippen LogP contribution in [0.4, 0.5) is 4.39 Å². The number of ketones is 1. The molecular weight excluding hydrogens is 504 g/mol. The van der Waals surface area contributed by atoms with Gasteiger partial charge in [-0.25, -0.2) is 9.18 Å². The smallest absolute Gasteiger partial charge is 0.336 e. The van der Waals surface area contributed by atoms with Crippen LogP contribution in [-0.4, -0.2) is 18.9 Å². The highest BCUT2D eigenvalue weighted by Crippen LogP contribution is 2.48. The van der Waals surface area contributed by atoms with Crippen LogP contribution < -0.4 is 10.1 Å². The van der Waals surface area contributed by atoms with Gasteiger partial charge in [0.1, 0.15) is 12.4 Å². The summed E-state index contributed by atoms with van der Waals surface area (Å²) >= 11 is 13.2. The second-order valence-corrected chi connectivity index (χ2v) is 9.29. The Balaban J connectivity index is 1.57. The van der Waals surface area contributed by atoms with Crippen LogP contribution in [0.15, 0.2) is 77.5 Å². The number of ether oxygens (including phenoxy) is 2. The zero-order valence-corrected chi connectivity index (χ0v) is 20.8. The van der Waals surface area contributed by atoms with Crippen molar-refractivity contribution in [3.8, 4) is 5.75 Å². The van der Waals surface area contributed by atoms with Crippen molar-refractivity contribution in [2.24, 2.45) is 0 Å². The van der Waals surface area contributed by atoms with E-state index in [0.29, 0.717) is 33.7 Å². The average molecular weight is 524 g/mol. The maximum Gasteiger partial charge on any atom is 0.336 e. The minimum absolute atomic E-state index is 0.127. The molecule has 8 heteroatoms. The number of esters is 1. The van der Waals surface area contributed by atoms with Gasteiger partial charge in [0.15, 0.2) is 11.5 Å². The topological polar surface area (TPSA) is 64.6 Å². The fraction of sp³-hybridized carbons (Fsp3) is 0.143. The minimum atomic E-state index is -0.755. The van der Waals surface area contributed by atoms with Gasteiger partial charge in [0, 0.05) is 28.3 Å². The maximum absolute atomic E-state index is 13.5. The molecule has 36 heavy (non-hydrogen) atoms. The summed E-state index contributed by atoms with van der Waals surface area (Å²) in [7, 11) is 1.29. The highest BCUT2D eigenvalue weighted by atomic mass is 35.5. The molecule has 5 nitrogen and oxygen atoms in total. The van der Waals surface area contributed by atoms with E-state index >= 15 is 0 Å². The number of rotatable bonds is 5. The number of hydrogen-bond acceptors (Lipinski definition) is 5. The highest BCUT2D eigenvalue weighted by Gasteiger charge is 2.43. The molecule has 1 atom stereocenters. The Labute approximate surface area is 217 Å². The molecule has 182 valence electrons. The predicted octanol–water partition coefficient (Wildman–Crippen LogP) is 6.45. The third-order valence-electron chi connectivity index (χ3n) is 6.30. The zero-order valence-electron chi connectivity index (χ0n) is 19.3. The van der Waals surface area contributed by atoms with Gasteiger partial charge in [-0.05, 0) is 42.3 Å². The van der Waals surface area contributed by atoms with Crippen LogP contribution >= 0.6 is 23.2 Å². The third kappa shape index (κ3) is 4.06. The summed E-state index contributed by atoms with van der Waals surface area (Å²) < 4.78 is 24.1. The molecule has 1 aliphatic heterocycles. The lowest BCUT2D eigenvalue weighted by Gasteiger charge is -2.29. The van der Waals surface area contributed by atoms with Gasteiger partial charge < -0.3 is 14.8 Å².